The van der Waals surface area contributed by atoms with Crippen LogP contribution in [0, 0.1) is 13.8 Å². The molecule has 0 atom stereocenters. The van der Waals surface area contributed by atoms with Crippen molar-refractivity contribution >= 4 is 34.0 Å². The van der Waals surface area contributed by atoms with E-state index in [1.807, 2.05) is 55.6 Å². The van der Waals surface area contributed by atoms with Crippen molar-refractivity contribution in [1.82, 2.24) is 4.98 Å². The normalized spacial score (nSPS) is 12.8. The summed E-state index contributed by atoms with van der Waals surface area (Å²) in [7, 11) is 0. The van der Waals surface area contributed by atoms with Crippen molar-refractivity contribution in [2.45, 2.75) is 26.7 Å². The number of aromatic nitrogens is 1. The first-order valence-electron chi connectivity index (χ1n) is 9.37. The number of anilines is 2. The molecule has 3 aromatic rings. The van der Waals surface area contributed by atoms with Crippen molar-refractivity contribution in [1.29, 1.82) is 0 Å². The molecule has 0 radical (unpaired) electrons. The summed E-state index contributed by atoms with van der Waals surface area (Å²) in [6.45, 7) is 3.91. The SMILES string of the molecule is Cc1cccc(OCC(=O)Nc2nc(-c3ccc4c(c3)CCC(=O)N4)cs2)c1C. The number of hydrogen-bond acceptors (Lipinski definition) is 5. The molecule has 0 spiro atoms. The van der Waals surface area contributed by atoms with Crippen LogP contribution in [0.15, 0.2) is 41.8 Å². The van der Waals surface area contributed by atoms with E-state index in [-0.39, 0.29) is 18.4 Å². The number of hydrogen-bond donors (Lipinski definition) is 2. The number of aryl methyl sites for hydroxylation is 2. The van der Waals surface area contributed by atoms with E-state index in [1.165, 1.54) is 11.3 Å². The van der Waals surface area contributed by atoms with E-state index in [2.05, 4.69) is 15.6 Å². The summed E-state index contributed by atoms with van der Waals surface area (Å²) in [6, 6.07) is 11.6. The molecule has 1 aromatic heterocycles. The van der Waals surface area contributed by atoms with E-state index in [1.54, 1.807) is 0 Å². The highest BCUT2D eigenvalue weighted by molar-refractivity contribution is 7.14. The van der Waals surface area contributed by atoms with E-state index >= 15 is 0 Å². The topological polar surface area (TPSA) is 80.3 Å². The first-order valence-corrected chi connectivity index (χ1v) is 10.2. The summed E-state index contributed by atoms with van der Waals surface area (Å²) in [4.78, 5) is 28.2. The van der Waals surface area contributed by atoms with Crippen LogP contribution in [0.25, 0.3) is 11.3 Å². The Morgan fingerprint density at radius 3 is 2.97 bits per heavy atom. The second kappa shape index (κ2) is 8.05. The molecule has 2 N–H and O–H groups in total. The number of nitrogens with zero attached hydrogens (tertiary/aromatic N) is 1. The number of nitrogens with one attached hydrogen (secondary N) is 2. The fourth-order valence-corrected chi connectivity index (χ4v) is 3.92. The maximum absolute atomic E-state index is 12.2. The second-order valence-corrected chi connectivity index (χ2v) is 7.85. The van der Waals surface area contributed by atoms with Gasteiger partial charge in [0.05, 0.1) is 5.69 Å². The van der Waals surface area contributed by atoms with E-state index in [9.17, 15) is 9.59 Å². The van der Waals surface area contributed by atoms with Gasteiger partial charge in [-0.25, -0.2) is 4.98 Å². The minimum atomic E-state index is -0.250. The maximum atomic E-state index is 12.2. The third-order valence-corrected chi connectivity index (χ3v) is 5.72. The molecule has 1 aliphatic rings. The Bertz CT molecular complexity index is 1090. The Balaban J connectivity index is 1.40. The third-order valence-electron chi connectivity index (χ3n) is 4.96. The fraction of sp³-hybridized carbons (Fsp3) is 0.227. The Morgan fingerprint density at radius 2 is 2.10 bits per heavy atom. The van der Waals surface area contributed by atoms with Gasteiger partial charge in [-0.05, 0) is 55.2 Å². The highest BCUT2D eigenvalue weighted by atomic mass is 32.1. The molecule has 2 aromatic carbocycles. The standard InChI is InChI=1S/C22H21N3O3S/c1-13-4-3-5-19(14(13)2)28-11-21(27)25-22-24-18(12-29-22)16-6-8-17-15(10-16)7-9-20(26)23-17/h3-6,8,10,12H,7,9,11H2,1-2H3,(H,23,26)(H,24,25,27). The van der Waals surface area contributed by atoms with Crippen molar-refractivity contribution in [2.75, 3.05) is 17.2 Å². The van der Waals surface area contributed by atoms with E-state index < -0.39 is 0 Å². The van der Waals surface area contributed by atoms with Gasteiger partial charge in [-0.15, -0.1) is 11.3 Å². The summed E-state index contributed by atoms with van der Waals surface area (Å²) in [5.74, 6) is 0.507. The number of carbonyl (C=O) groups excluding carboxylic acids is 2. The first-order chi connectivity index (χ1) is 14.0. The smallest absolute Gasteiger partial charge is 0.264 e. The number of benzene rings is 2. The maximum Gasteiger partial charge on any atom is 0.264 e. The van der Waals surface area contributed by atoms with Crippen LogP contribution < -0.4 is 15.4 Å². The lowest BCUT2D eigenvalue weighted by Gasteiger charge is -2.17. The summed E-state index contributed by atoms with van der Waals surface area (Å²) in [5, 5.41) is 8.10. The minimum absolute atomic E-state index is 0.0481. The van der Waals surface area contributed by atoms with Crippen LogP contribution in [0.5, 0.6) is 5.75 Å². The Labute approximate surface area is 172 Å². The number of rotatable bonds is 5. The van der Waals surface area contributed by atoms with Crippen molar-refractivity contribution < 1.29 is 14.3 Å². The average Bonchev–Trinajstić information content (AvgIpc) is 3.17. The van der Waals surface area contributed by atoms with Gasteiger partial charge >= 0.3 is 0 Å². The molecule has 0 bridgehead atoms. The molecule has 148 valence electrons. The predicted molar refractivity (Wildman–Crippen MR) is 115 cm³/mol. The van der Waals surface area contributed by atoms with Crippen LogP contribution in [0.1, 0.15) is 23.1 Å². The fourth-order valence-electron chi connectivity index (χ4n) is 3.19. The highest BCUT2D eigenvalue weighted by Gasteiger charge is 2.16. The summed E-state index contributed by atoms with van der Waals surface area (Å²) in [5.41, 5.74) is 5.86. The number of amides is 2. The van der Waals surface area contributed by atoms with Crippen molar-refractivity contribution in [3.05, 3.63) is 58.5 Å². The molecule has 29 heavy (non-hydrogen) atoms. The largest absolute Gasteiger partial charge is 0.483 e. The minimum Gasteiger partial charge on any atom is -0.483 e. The molecule has 0 saturated carbocycles. The molecule has 2 amide bonds. The lowest BCUT2D eigenvalue weighted by atomic mass is 9.99. The molecule has 6 nitrogen and oxygen atoms in total. The van der Waals surface area contributed by atoms with E-state index in [4.69, 9.17) is 4.74 Å². The van der Waals surface area contributed by atoms with Gasteiger partial charge in [0.15, 0.2) is 11.7 Å². The Kier molecular flexibility index (Phi) is 5.31. The molecule has 2 heterocycles. The lowest BCUT2D eigenvalue weighted by Crippen LogP contribution is -2.20. The molecule has 1 aliphatic heterocycles. The average molecular weight is 407 g/mol. The van der Waals surface area contributed by atoms with Gasteiger partial charge in [0.1, 0.15) is 5.75 Å². The van der Waals surface area contributed by atoms with Crippen molar-refractivity contribution in [3.8, 4) is 17.0 Å². The van der Waals surface area contributed by atoms with Crippen LogP contribution >= 0.6 is 11.3 Å². The van der Waals surface area contributed by atoms with E-state index in [0.29, 0.717) is 17.3 Å². The van der Waals surface area contributed by atoms with Gasteiger partial charge in [-0.2, -0.15) is 0 Å². The summed E-state index contributed by atoms with van der Waals surface area (Å²) >= 11 is 1.37. The van der Waals surface area contributed by atoms with Crippen LogP contribution in [0.4, 0.5) is 10.8 Å². The zero-order valence-electron chi connectivity index (χ0n) is 16.2. The molecule has 0 aliphatic carbocycles. The number of thiazole rings is 1. The monoisotopic (exact) mass is 407 g/mol. The van der Waals surface area contributed by atoms with E-state index in [0.717, 1.165) is 40.1 Å². The van der Waals surface area contributed by atoms with Crippen LogP contribution in [-0.2, 0) is 16.0 Å². The van der Waals surface area contributed by atoms with Gasteiger partial charge in [-0.3, -0.25) is 14.9 Å². The summed E-state index contributed by atoms with van der Waals surface area (Å²) in [6.07, 6.45) is 1.22. The molecule has 0 unspecified atom stereocenters. The predicted octanol–water partition coefficient (Wildman–Crippen LogP) is 4.33. The number of fused-ring (bicyclic) bond motifs is 1. The van der Waals surface area contributed by atoms with Crippen LogP contribution in [0.3, 0.4) is 0 Å². The lowest BCUT2D eigenvalue weighted by molar-refractivity contribution is -0.118. The third kappa shape index (κ3) is 4.30. The van der Waals surface area contributed by atoms with Crippen molar-refractivity contribution in [2.24, 2.45) is 0 Å². The van der Waals surface area contributed by atoms with Crippen LogP contribution in [-0.4, -0.2) is 23.4 Å². The second-order valence-electron chi connectivity index (χ2n) is 6.99. The molecule has 0 fully saturated rings. The molecule has 0 saturated heterocycles. The summed E-state index contributed by atoms with van der Waals surface area (Å²) < 4.78 is 5.64. The molecule has 7 heteroatoms. The van der Waals surface area contributed by atoms with Crippen molar-refractivity contribution in [3.63, 3.8) is 0 Å². The highest BCUT2D eigenvalue weighted by Crippen LogP contribution is 2.30. The molecular formula is C22H21N3O3S. The van der Waals surface area contributed by atoms with Gasteiger partial charge in [-0.1, -0.05) is 18.2 Å². The zero-order valence-corrected chi connectivity index (χ0v) is 17.1. The Hall–Kier alpha value is -3.19. The Morgan fingerprint density at radius 1 is 1.24 bits per heavy atom. The first kappa shape index (κ1) is 19.1. The molecule has 4 rings (SSSR count). The molecular weight excluding hydrogens is 386 g/mol. The number of carbonyl (C=O) groups is 2. The van der Waals surface area contributed by atoms with Gasteiger partial charge in [0.25, 0.3) is 5.91 Å². The van der Waals surface area contributed by atoms with Crippen LogP contribution in [0.2, 0.25) is 0 Å². The number of ether oxygens (including phenoxy) is 1. The zero-order chi connectivity index (χ0) is 20.4. The van der Waals surface area contributed by atoms with Gasteiger partial charge in [0.2, 0.25) is 5.91 Å². The van der Waals surface area contributed by atoms with Gasteiger partial charge in [0, 0.05) is 23.1 Å². The quantitative estimate of drug-likeness (QED) is 0.660. The van der Waals surface area contributed by atoms with Gasteiger partial charge < -0.3 is 10.1 Å².